The van der Waals surface area contributed by atoms with Gasteiger partial charge in [-0.1, -0.05) is 24.8 Å². The van der Waals surface area contributed by atoms with Crippen molar-refractivity contribution in [3.05, 3.63) is 11.3 Å². The lowest BCUT2D eigenvalue weighted by atomic mass is 10.4. The van der Waals surface area contributed by atoms with E-state index in [-0.39, 0.29) is 0 Å². The first-order valence-electron chi connectivity index (χ1n) is 4.38. The van der Waals surface area contributed by atoms with Gasteiger partial charge in [-0.25, -0.2) is 4.79 Å². The second kappa shape index (κ2) is 5.45. The largest absolute Gasteiger partial charge is 0.478 e. The number of aliphatic carboxylic acids is 1. The summed E-state index contributed by atoms with van der Waals surface area (Å²) in [5, 5.41) is 8.70. The molecule has 0 unspecified atom stereocenters. The Hall–Kier alpha value is -0.283. The summed E-state index contributed by atoms with van der Waals surface area (Å²) < 4.78 is 0. The third-order valence-electron chi connectivity index (χ3n) is 1.90. The molecule has 0 aliphatic carbocycles. The van der Waals surface area contributed by atoms with Crippen molar-refractivity contribution in [1.82, 2.24) is 0 Å². The van der Waals surface area contributed by atoms with Gasteiger partial charge in [0.05, 0.1) is 8.07 Å². The van der Waals surface area contributed by atoms with E-state index in [1.165, 1.54) is 0 Å². The maximum atomic E-state index is 10.6. The van der Waals surface area contributed by atoms with Crippen molar-refractivity contribution in [2.75, 3.05) is 5.88 Å². The van der Waals surface area contributed by atoms with Gasteiger partial charge in [0.15, 0.2) is 0 Å². The van der Waals surface area contributed by atoms with E-state index in [0.29, 0.717) is 11.5 Å². The van der Waals surface area contributed by atoms with Crippen LogP contribution >= 0.6 is 11.6 Å². The first-order valence-corrected chi connectivity index (χ1v) is 8.19. The molecule has 0 aliphatic rings. The molecule has 0 bridgehead atoms. The van der Waals surface area contributed by atoms with E-state index in [0.717, 1.165) is 12.5 Å². The Morgan fingerprint density at radius 1 is 1.54 bits per heavy atom. The molecule has 0 fully saturated rings. The average Bonchev–Trinajstić information content (AvgIpc) is 2.00. The van der Waals surface area contributed by atoms with E-state index < -0.39 is 14.0 Å². The molecule has 0 saturated carbocycles. The SMILES string of the molecule is C/C(=C\[Si](C)(C)CCCCl)C(=O)O. The zero-order valence-electron chi connectivity index (χ0n) is 8.43. The van der Waals surface area contributed by atoms with Crippen molar-refractivity contribution in [3.63, 3.8) is 0 Å². The van der Waals surface area contributed by atoms with Gasteiger partial charge in [0.1, 0.15) is 0 Å². The van der Waals surface area contributed by atoms with Crippen LogP contribution in [0.1, 0.15) is 13.3 Å². The lowest BCUT2D eigenvalue weighted by molar-refractivity contribution is -0.132. The molecule has 0 rings (SSSR count). The molecule has 2 nitrogen and oxygen atoms in total. The fourth-order valence-corrected chi connectivity index (χ4v) is 4.13. The fourth-order valence-electron chi connectivity index (χ4n) is 1.24. The van der Waals surface area contributed by atoms with Crippen LogP contribution in [-0.2, 0) is 4.79 Å². The summed E-state index contributed by atoms with van der Waals surface area (Å²) >= 11 is 5.59. The molecular weight excluding hydrogens is 204 g/mol. The summed E-state index contributed by atoms with van der Waals surface area (Å²) in [5.41, 5.74) is 2.40. The van der Waals surface area contributed by atoms with Gasteiger partial charge in [0.2, 0.25) is 0 Å². The minimum absolute atomic E-state index is 0.464. The Bertz CT molecular complexity index is 212. The summed E-state index contributed by atoms with van der Waals surface area (Å²) in [6.45, 7) is 5.97. The van der Waals surface area contributed by atoms with E-state index in [4.69, 9.17) is 16.7 Å². The van der Waals surface area contributed by atoms with Crippen LogP contribution < -0.4 is 0 Å². The van der Waals surface area contributed by atoms with Gasteiger partial charge in [-0.3, -0.25) is 0 Å². The molecule has 0 amide bonds. The summed E-state index contributed by atoms with van der Waals surface area (Å²) in [5.74, 6) is -0.150. The van der Waals surface area contributed by atoms with Crippen molar-refractivity contribution >= 4 is 25.6 Å². The molecule has 76 valence electrons. The molecule has 0 radical (unpaired) electrons. The van der Waals surface area contributed by atoms with Crippen molar-refractivity contribution in [3.8, 4) is 0 Å². The maximum absolute atomic E-state index is 10.6. The van der Waals surface area contributed by atoms with Crippen LogP contribution in [0.4, 0.5) is 0 Å². The van der Waals surface area contributed by atoms with E-state index in [2.05, 4.69) is 13.1 Å². The van der Waals surface area contributed by atoms with Crippen molar-refractivity contribution in [2.45, 2.75) is 32.5 Å². The number of rotatable bonds is 5. The minimum atomic E-state index is -1.48. The predicted octanol–water partition coefficient (Wildman–Crippen LogP) is 2.89. The van der Waals surface area contributed by atoms with Crippen LogP contribution in [0.3, 0.4) is 0 Å². The number of carbonyl (C=O) groups is 1. The lowest BCUT2D eigenvalue weighted by Gasteiger charge is -2.17. The van der Waals surface area contributed by atoms with E-state index in [9.17, 15) is 4.79 Å². The summed E-state index contributed by atoms with van der Waals surface area (Å²) in [7, 11) is -1.48. The van der Waals surface area contributed by atoms with Crippen molar-refractivity contribution in [2.24, 2.45) is 0 Å². The lowest BCUT2D eigenvalue weighted by Crippen LogP contribution is -2.24. The smallest absolute Gasteiger partial charge is 0.330 e. The Morgan fingerprint density at radius 3 is 2.46 bits per heavy atom. The molecule has 1 N–H and O–H groups in total. The van der Waals surface area contributed by atoms with Gasteiger partial charge in [-0.2, -0.15) is 0 Å². The highest BCUT2D eigenvalue weighted by Crippen LogP contribution is 2.16. The third-order valence-corrected chi connectivity index (χ3v) is 5.02. The van der Waals surface area contributed by atoms with Gasteiger partial charge in [0.25, 0.3) is 0 Å². The summed E-state index contributed by atoms with van der Waals surface area (Å²) in [4.78, 5) is 10.6. The molecule has 0 aromatic heterocycles. The van der Waals surface area contributed by atoms with E-state index >= 15 is 0 Å². The standard InChI is InChI=1S/C9H17ClO2Si/c1-8(9(11)12)7-13(2,3)6-4-5-10/h7H,4-6H2,1-3H3,(H,11,12)/b8-7+. The average molecular weight is 221 g/mol. The highest BCUT2D eigenvalue weighted by Gasteiger charge is 2.18. The van der Waals surface area contributed by atoms with Crippen molar-refractivity contribution < 1.29 is 9.90 Å². The maximum Gasteiger partial charge on any atom is 0.330 e. The topological polar surface area (TPSA) is 37.3 Å². The summed E-state index contributed by atoms with van der Waals surface area (Å²) in [6.07, 6.45) is 0.976. The highest BCUT2D eigenvalue weighted by atomic mass is 35.5. The Morgan fingerprint density at radius 2 is 2.08 bits per heavy atom. The Kier molecular flexibility index (Phi) is 5.33. The first-order chi connectivity index (χ1) is 5.89. The minimum Gasteiger partial charge on any atom is -0.478 e. The Labute approximate surface area is 85.6 Å². The third kappa shape index (κ3) is 5.88. The predicted molar refractivity (Wildman–Crippen MR) is 59.0 cm³/mol. The number of hydrogen-bond donors (Lipinski definition) is 1. The zero-order valence-corrected chi connectivity index (χ0v) is 10.2. The number of carboxylic acid groups (broad SMARTS) is 1. The highest BCUT2D eigenvalue weighted by molar-refractivity contribution is 6.82. The van der Waals surface area contributed by atoms with Crippen LogP contribution in [0.15, 0.2) is 11.3 Å². The summed E-state index contributed by atoms with van der Waals surface area (Å²) in [6, 6.07) is 1.06. The molecule has 13 heavy (non-hydrogen) atoms. The zero-order chi connectivity index (χ0) is 10.5. The number of halogens is 1. The van der Waals surface area contributed by atoms with Gasteiger partial charge in [0, 0.05) is 11.5 Å². The quantitative estimate of drug-likeness (QED) is 0.440. The molecule has 0 heterocycles. The van der Waals surface area contributed by atoms with E-state index in [1.807, 2.05) is 5.70 Å². The van der Waals surface area contributed by atoms with Gasteiger partial charge in [-0.15, -0.1) is 11.6 Å². The van der Waals surface area contributed by atoms with Crippen LogP contribution in [0.25, 0.3) is 0 Å². The molecule has 0 spiro atoms. The molecule has 0 atom stereocenters. The second-order valence-corrected chi connectivity index (χ2v) is 9.06. The van der Waals surface area contributed by atoms with Gasteiger partial charge < -0.3 is 5.11 Å². The molecule has 0 aromatic rings. The van der Waals surface area contributed by atoms with Gasteiger partial charge in [-0.05, 0) is 13.3 Å². The van der Waals surface area contributed by atoms with Crippen LogP contribution in [-0.4, -0.2) is 25.0 Å². The number of alkyl halides is 1. The molecule has 0 aliphatic heterocycles. The van der Waals surface area contributed by atoms with Crippen LogP contribution in [0.5, 0.6) is 0 Å². The molecule has 0 saturated heterocycles. The fraction of sp³-hybridized carbons (Fsp3) is 0.667. The van der Waals surface area contributed by atoms with Gasteiger partial charge >= 0.3 is 5.97 Å². The van der Waals surface area contributed by atoms with Crippen LogP contribution in [0, 0.1) is 0 Å². The second-order valence-electron chi connectivity index (χ2n) is 3.91. The molecule has 4 heteroatoms. The number of carboxylic acids is 1. The van der Waals surface area contributed by atoms with Crippen LogP contribution in [0.2, 0.25) is 19.1 Å². The van der Waals surface area contributed by atoms with Crippen molar-refractivity contribution in [1.29, 1.82) is 0 Å². The van der Waals surface area contributed by atoms with E-state index in [1.54, 1.807) is 6.92 Å². The molecular formula is C9H17ClO2Si. The molecule has 0 aromatic carbocycles. The monoisotopic (exact) mass is 220 g/mol. The number of hydrogen-bond acceptors (Lipinski definition) is 1. The Balaban J connectivity index is 4.29. The first kappa shape index (κ1) is 12.7. The normalized spacial score (nSPS) is 13.1.